The Morgan fingerprint density at radius 2 is 1.95 bits per heavy atom. The predicted octanol–water partition coefficient (Wildman–Crippen LogP) is 3.85. The van der Waals surface area contributed by atoms with Gasteiger partial charge in [-0.05, 0) is 29.9 Å². The summed E-state index contributed by atoms with van der Waals surface area (Å²) < 4.78 is 2.23. The van der Waals surface area contributed by atoms with Gasteiger partial charge in [0, 0.05) is 37.2 Å². The monoisotopic (exact) mass is 256 g/mol. The van der Waals surface area contributed by atoms with Crippen LogP contribution in [0, 0.1) is 5.41 Å². The molecule has 1 N–H and O–H groups in total. The molecule has 0 saturated heterocycles. The van der Waals surface area contributed by atoms with E-state index in [2.05, 4.69) is 54.3 Å². The summed E-state index contributed by atoms with van der Waals surface area (Å²) in [5.41, 5.74) is 3.27. The van der Waals surface area contributed by atoms with Crippen LogP contribution in [0.3, 0.4) is 0 Å². The number of aryl methyl sites for hydroxylation is 1. The van der Waals surface area contributed by atoms with Crippen molar-refractivity contribution in [2.75, 3.05) is 6.54 Å². The minimum absolute atomic E-state index is 0.532. The van der Waals surface area contributed by atoms with Crippen LogP contribution in [0.4, 0.5) is 0 Å². The van der Waals surface area contributed by atoms with Crippen LogP contribution >= 0.6 is 0 Å². The number of nitrogens with one attached hydrogen (secondary N) is 1. The molecular weight excluding hydrogens is 232 g/mol. The minimum Gasteiger partial charge on any atom is -0.350 e. The maximum Gasteiger partial charge on any atom is 0.0481 e. The molecule has 19 heavy (non-hydrogen) atoms. The lowest BCUT2D eigenvalue weighted by Crippen LogP contribution is -2.29. The van der Waals surface area contributed by atoms with Gasteiger partial charge in [0.25, 0.3) is 0 Å². The summed E-state index contributed by atoms with van der Waals surface area (Å²) in [5.74, 6) is 0. The first-order valence-corrected chi connectivity index (χ1v) is 7.42. The van der Waals surface area contributed by atoms with E-state index in [4.69, 9.17) is 0 Å². The molecule has 0 radical (unpaired) electrons. The molecule has 2 nitrogen and oxygen atoms in total. The second-order valence-corrected chi connectivity index (χ2v) is 6.40. The summed E-state index contributed by atoms with van der Waals surface area (Å²) in [6.45, 7) is 4.56. The third-order valence-electron chi connectivity index (χ3n) is 4.66. The van der Waals surface area contributed by atoms with Crippen LogP contribution in [-0.2, 0) is 13.6 Å². The molecule has 1 fully saturated rings. The van der Waals surface area contributed by atoms with Gasteiger partial charge in [0.05, 0.1) is 0 Å². The van der Waals surface area contributed by atoms with Crippen LogP contribution in [-0.4, -0.2) is 11.1 Å². The van der Waals surface area contributed by atoms with Crippen LogP contribution in [0.5, 0.6) is 0 Å². The van der Waals surface area contributed by atoms with Crippen molar-refractivity contribution in [2.45, 2.75) is 39.2 Å². The number of aromatic nitrogens is 1. The Labute approximate surface area is 115 Å². The number of benzene rings is 1. The van der Waals surface area contributed by atoms with Gasteiger partial charge in [0.2, 0.25) is 0 Å². The van der Waals surface area contributed by atoms with Gasteiger partial charge in [-0.15, -0.1) is 0 Å². The van der Waals surface area contributed by atoms with Gasteiger partial charge in [0.15, 0.2) is 0 Å². The average molecular weight is 256 g/mol. The van der Waals surface area contributed by atoms with Crippen molar-refractivity contribution in [3.8, 4) is 0 Å². The summed E-state index contributed by atoms with van der Waals surface area (Å²) in [4.78, 5) is 0. The number of para-hydroxylation sites is 1. The smallest absolute Gasteiger partial charge is 0.0481 e. The largest absolute Gasteiger partial charge is 0.350 e. The molecule has 1 heterocycles. The highest BCUT2D eigenvalue weighted by molar-refractivity contribution is 5.83. The molecule has 1 aliphatic carbocycles. The third-order valence-corrected chi connectivity index (χ3v) is 4.66. The number of hydrogen-bond donors (Lipinski definition) is 1. The topological polar surface area (TPSA) is 17.0 Å². The Morgan fingerprint density at radius 1 is 1.21 bits per heavy atom. The molecule has 2 heteroatoms. The van der Waals surface area contributed by atoms with Crippen molar-refractivity contribution < 1.29 is 0 Å². The molecule has 0 amide bonds. The van der Waals surface area contributed by atoms with Crippen LogP contribution in [0.2, 0.25) is 0 Å². The molecule has 1 aromatic carbocycles. The van der Waals surface area contributed by atoms with Crippen molar-refractivity contribution in [2.24, 2.45) is 12.5 Å². The fourth-order valence-electron chi connectivity index (χ4n) is 3.47. The van der Waals surface area contributed by atoms with E-state index in [1.165, 1.54) is 42.1 Å². The summed E-state index contributed by atoms with van der Waals surface area (Å²) in [5, 5.41) is 5.06. The second-order valence-electron chi connectivity index (χ2n) is 6.40. The van der Waals surface area contributed by atoms with Gasteiger partial charge < -0.3 is 9.88 Å². The number of nitrogens with zero attached hydrogens (tertiary/aromatic N) is 1. The van der Waals surface area contributed by atoms with Crippen LogP contribution in [0.25, 0.3) is 10.9 Å². The molecule has 0 spiro atoms. The van der Waals surface area contributed by atoms with E-state index in [0.29, 0.717) is 5.41 Å². The van der Waals surface area contributed by atoms with E-state index in [0.717, 1.165) is 13.1 Å². The van der Waals surface area contributed by atoms with E-state index in [1.54, 1.807) is 0 Å². The van der Waals surface area contributed by atoms with Crippen molar-refractivity contribution >= 4 is 10.9 Å². The first-order chi connectivity index (χ1) is 9.18. The summed E-state index contributed by atoms with van der Waals surface area (Å²) >= 11 is 0. The second kappa shape index (κ2) is 5.01. The van der Waals surface area contributed by atoms with E-state index in [9.17, 15) is 0 Å². The Balaban J connectivity index is 1.68. The molecule has 0 unspecified atom stereocenters. The summed E-state index contributed by atoms with van der Waals surface area (Å²) in [6, 6.07) is 8.66. The van der Waals surface area contributed by atoms with E-state index in [-0.39, 0.29) is 0 Å². The predicted molar refractivity (Wildman–Crippen MR) is 81.2 cm³/mol. The maximum absolute atomic E-state index is 3.68. The van der Waals surface area contributed by atoms with Crippen LogP contribution < -0.4 is 5.32 Å². The molecule has 1 aromatic heterocycles. The maximum atomic E-state index is 3.68. The molecule has 2 aromatic rings. The van der Waals surface area contributed by atoms with Crippen molar-refractivity contribution in [3.63, 3.8) is 0 Å². The SMILES string of the molecule is Cn1cc(CNCC2(C)CCCC2)c2ccccc21. The molecule has 0 bridgehead atoms. The Bertz CT molecular complexity index is 562. The van der Waals surface area contributed by atoms with Crippen molar-refractivity contribution in [1.29, 1.82) is 0 Å². The highest BCUT2D eigenvalue weighted by atomic mass is 14.9. The van der Waals surface area contributed by atoms with Crippen molar-refractivity contribution in [1.82, 2.24) is 9.88 Å². The van der Waals surface area contributed by atoms with Crippen LogP contribution in [0.15, 0.2) is 30.5 Å². The molecule has 0 aliphatic heterocycles. The lowest BCUT2D eigenvalue weighted by Gasteiger charge is -2.23. The van der Waals surface area contributed by atoms with Gasteiger partial charge in [-0.25, -0.2) is 0 Å². The highest BCUT2D eigenvalue weighted by Crippen LogP contribution is 2.36. The van der Waals surface area contributed by atoms with Gasteiger partial charge in [0.1, 0.15) is 0 Å². The molecule has 1 saturated carbocycles. The number of fused-ring (bicyclic) bond motifs is 1. The van der Waals surface area contributed by atoms with Gasteiger partial charge in [-0.1, -0.05) is 38.0 Å². The standard InChI is InChI=1S/C17H24N2/c1-17(9-5-6-10-17)13-18-11-14-12-19(2)16-8-4-3-7-15(14)16/h3-4,7-8,12,18H,5-6,9-11,13H2,1-2H3. The van der Waals surface area contributed by atoms with E-state index >= 15 is 0 Å². The van der Waals surface area contributed by atoms with Crippen LogP contribution in [0.1, 0.15) is 38.2 Å². The zero-order chi connectivity index (χ0) is 13.3. The lowest BCUT2D eigenvalue weighted by atomic mass is 9.89. The highest BCUT2D eigenvalue weighted by Gasteiger charge is 2.27. The Morgan fingerprint density at radius 3 is 2.74 bits per heavy atom. The number of rotatable bonds is 4. The van der Waals surface area contributed by atoms with Gasteiger partial charge in [-0.2, -0.15) is 0 Å². The molecule has 102 valence electrons. The number of hydrogen-bond acceptors (Lipinski definition) is 1. The lowest BCUT2D eigenvalue weighted by molar-refractivity contribution is 0.315. The van der Waals surface area contributed by atoms with Gasteiger partial charge in [-0.3, -0.25) is 0 Å². The normalized spacial score (nSPS) is 18.2. The zero-order valence-electron chi connectivity index (χ0n) is 12.1. The molecule has 1 aliphatic rings. The fourth-order valence-corrected chi connectivity index (χ4v) is 3.47. The summed E-state index contributed by atoms with van der Waals surface area (Å²) in [7, 11) is 2.13. The summed E-state index contributed by atoms with van der Waals surface area (Å²) in [6.07, 6.45) is 7.85. The molecule has 3 rings (SSSR count). The third kappa shape index (κ3) is 2.55. The molecule has 0 atom stereocenters. The first kappa shape index (κ1) is 12.7. The quantitative estimate of drug-likeness (QED) is 0.879. The fraction of sp³-hybridized carbons (Fsp3) is 0.529. The first-order valence-electron chi connectivity index (χ1n) is 7.42. The zero-order valence-corrected chi connectivity index (χ0v) is 12.1. The average Bonchev–Trinajstić information content (AvgIpc) is 2.96. The van der Waals surface area contributed by atoms with E-state index in [1.807, 2.05) is 0 Å². The van der Waals surface area contributed by atoms with Gasteiger partial charge >= 0.3 is 0 Å². The molecular formula is C17H24N2. The van der Waals surface area contributed by atoms with E-state index < -0.39 is 0 Å². The van der Waals surface area contributed by atoms with Crippen molar-refractivity contribution in [3.05, 3.63) is 36.0 Å². The minimum atomic E-state index is 0.532. The Kier molecular flexibility index (Phi) is 3.36. The Hall–Kier alpha value is -1.28.